The SMILES string of the molecule is C=C(C)[C@@H]1C[C@@H](c2cc(S(=O)(=O)N(C)Cc3ccc4ncccc4c3)ccc2OC)[C@@H](CCCC)O[C@H]1c1cc(Oc2ccccc2)ccc1OCC(=O)O. The Morgan fingerprint density at radius 1 is 0.964 bits per heavy atom. The van der Waals surface area contributed by atoms with Gasteiger partial charge in [0.25, 0.3) is 0 Å². The van der Waals surface area contributed by atoms with Crippen LogP contribution in [0.15, 0.2) is 120 Å². The minimum absolute atomic E-state index is 0.159. The van der Waals surface area contributed by atoms with Gasteiger partial charge in [-0.1, -0.05) is 62.2 Å². The minimum Gasteiger partial charge on any atom is -0.496 e. The van der Waals surface area contributed by atoms with Gasteiger partial charge in [0, 0.05) is 48.1 Å². The molecule has 0 radical (unpaired) electrons. The van der Waals surface area contributed by atoms with Crippen LogP contribution in [0.25, 0.3) is 10.9 Å². The standard InChI is InChI=1S/C44H48N2O8S/c1-6-7-15-42-37(36-25-34(18-21-40(36)51-5)55(49,50)46(4)27-30-16-19-39-31(23-30)12-11-22-45-39)26-35(29(2)3)44(54-42)38-24-33(53-32-13-9-8-10-14-32)17-20-41(38)52-28-43(47)48/h8-14,16-25,35,37,42,44H,2,6-7,15,26-28H2,1,3-5H3,(H,47,48)/t35-,37-,42+,44+/m0/s1. The van der Waals surface area contributed by atoms with Gasteiger partial charge < -0.3 is 24.1 Å². The van der Waals surface area contributed by atoms with Crippen LogP contribution in [0.1, 0.15) is 68.2 Å². The van der Waals surface area contributed by atoms with Crippen LogP contribution in [-0.4, -0.2) is 55.7 Å². The maximum Gasteiger partial charge on any atom is 0.341 e. The predicted molar refractivity (Wildman–Crippen MR) is 212 cm³/mol. The number of carbonyl (C=O) groups is 1. The number of benzene rings is 4. The number of pyridine rings is 1. The number of para-hydroxylation sites is 1. The number of fused-ring (bicyclic) bond motifs is 1. The zero-order chi connectivity index (χ0) is 39.1. The van der Waals surface area contributed by atoms with Gasteiger partial charge in [-0.25, -0.2) is 13.2 Å². The molecular formula is C44H48N2O8S. The molecule has 0 bridgehead atoms. The van der Waals surface area contributed by atoms with Gasteiger partial charge >= 0.3 is 5.97 Å². The molecule has 1 saturated heterocycles. The summed E-state index contributed by atoms with van der Waals surface area (Å²) in [7, 11) is -0.749. The Bertz CT molecular complexity index is 2240. The van der Waals surface area contributed by atoms with Crippen molar-refractivity contribution < 1.29 is 37.3 Å². The van der Waals surface area contributed by atoms with Crippen molar-refractivity contribution in [3.8, 4) is 23.0 Å². The number of aliphatic carboxylic acids is 1. The summed E-state index contributed by atoms with van der Waals surface area (Å²) in [6, 6.07) is 29.3. The molecule has 11 heteroatoms. The normalized spacial score (nSPS) is 18.6. The van der Waals surface area contributed by atoms with Gasteiger partial charge in [-0.3, -0.25) is 4.98 Å². The lowest BCUT2D eigenvalue weighted by molar-refractivity contribution is -0.139. The summed E-state index contributed by atoms with van der Waals surface area (Å²) >= 11 is 0. The highest BCUT2D eigenvalue weighted by Crippen LogP contribution is 2.51. The topological polar surface area (TPSA) is 124 Å². The second kappa shape index (κ2) is 17.5. The Labute approximate surface area is 323 Å². The number of carboxylic acid groups (broad SMARTS) is 1. The number of hydrogen-bond acceptors (Lipinski definition) is 8. The molecule has 1 aromatic heterocycles. The number of aromatic nitrogens is 1. The van der Waals surface area contributed by atoms with Crippen LogP contribution in [-0.2, 0) is 26.1 Å². The third kappa shape index (κ3) is 9.19. The van der Waals surface area contributed by atoms with E-state index in [1.165, 1.54) is 4.31 Å². The Hall–Kier alpha value is -5.23. The Balaban J connectivity index is 1.35. The van der Waals surface area contributed by atoms with Gasteiger partial charge in [-0.2, -0.15) is 4.31 Å². The van der Waals surface area contributed by atoms with Crippen molar-refractivity contribution in [1.82, 2.24) is 9.29 Å². The molecule has 10 nitrogen and oxygen atoms in total. The molecule has 0 aliphatic carbocycles. The summed E-state index contributed by atoms with van der Waals surface area (Å²) in [6.45, 7) is 8.08. The van der Waals surface area contributed by atoms with Gasteiger partial charge in [0.05, 0.1) is 29.7 Å². The van der Waals surface area contributed by atoms with Crippen LogP contribution in [0, 0.1) is 5.92 Å². The fourth-order valence-corrected chi connectivity index (χ4v) is 8.49. The van der Waals surface area contributed by atoms with Gasteiger partial charge in [0.1, 0.15) is 23.0 Å². The zero-order valence-electron chi connectivity index (χ0n) is 31.7. The molecule has 6 rings (SSSR count). The Morgan fingerprint density at radius 3 is 2.47 bits per heavy atom. The molecule has 1 aliphatic heterocycles. The lowest BCUT2D eigenvalue weighted by Gasteiger charge is -2.43. The molecular weight excluding hydrogens is 717 g/mol. The van der Waals surface area contributed by atoms with Crippen molar-refractivity contribution in [3.63, 3.8) is 0 Å². The van der Waals surface area contributed by atoms with Gasteiger partial charge in [-0.05, 0) is 92.1 Å². The van der Waals surface area contributed by atoms with Crippen molar-refractivity contribution in [2.45, 2.75) is 69.1 Å². The van der Waals surface area contributed by atoms with Gasteiger partial charge in [-0.15, -0.1) is 0 Å². The van der Waals surface area contributed by atoms with Crippen molar-refractivity contribution in [3.05, 3.63) is 132 Å². The average Bonchev–Trinajstić information content (AvgIpc) is 3.19. The second-order valence-electron chi connectivity index (χ2n) is 14.0. The van der Waals surface area contributed by atoms with Gasteiger partial charge in [0.2, 0.25) is 10.0 Å². The Morgan fingerprint density at radius 2 is 1.75 bits per heavy atom. The van der Waals surface area contributed by atoms with E-state index in [-0.39, 0.29) is 29.4 Å². The monoisotopic (exact) mass is 764 g/mol. The lowest BCUT2D eigenvalue weighted by atomic mass is 9.74. The van der Waals surface area contributed by atoms with E-state index in [0.717, 1.165) is 40.4 Å². The first-order valence-corrected chi connectivity index (χ1v) is 19.9. The molecule has 1 aliphatic rings. The number of ether oxygens (including phenoxy) is 4. The molecule has 2 heterocycles. The molecule has 4 atom stereocenters. The van der Waals surface area contributed by atoms with Crippen molar-refractivity contribution in [2.24, 2.45) is 5.92 Å². The molecule has 55 heavy (non-hydrogen) atoms. The van der Waals surface area contributed by atoms with E-state index in [0.29, 0.717) is 41.4 Å². The summed E-state index contributed by atoms with van der Waals surface area (Å²) < 4.78 is 54.7. The van der Waals surface area contributed by atoms with Crippen LogP contribution in [0.5, 0.6) is 23.0 Å². The molecule has 0 spiro atoms. The van der Waals surface area contributed by atoms with Crippen LogP contribution in [0.4, 0.5) is 0 Å². The van der Waals surface area contributed by atoms with Crippen molar-refractivity contribution >= 4 is 26.9 Å². The highest BCUT2D eigenvalue weighted by molar-refractivity contribution is 7.89. The smallest absolute Gasteiger partial charge is 0.341 e. The molecule has 0 saturated carbocycles. The summed E-state index contributed by atoms with van der Waals surface area (Å²) in [4.78, 5) is 16.1. The van der Waals surface area contributed by atoms with E-state index in [2.05, 4.69) is 18.5 Å². The summed E-state index contributed by atoms with van der Waals surface area (Å²) in [6.07, 6.45) is 3.89. The first-order chi connectivity index (χ1) is 26.5. The summed E-state index contributed by atoms with van der Waals surface area (Å²) in [5, 5.41) is 10.4. The predicted octanol–water partition coefficient (Wildman–Crippen LogP) is 9.32. The number of unbranched alkanes of at least 4 members (excludes halogenated alkanes) is 1. The zero-order valence-corrected chi connectivity index (χ0v) is 32.5. The van der Waals surface area contributed by atoms with Gasteiger partial charge in [0.15, 0.2) is 6.61 Å². The van der Waals surface area contributed by atoms with E-state index in [1.54, 1.807) is 50.7 Å². The van der Waals surface area contributed by atoms with Crippen molar-refractivity contribution in [2.75, 3.05) is 20.8 Å². The second-order valence-corrected chi connectivity index (χ2v) is 16.1. The van der Waals surface area contributed by atoms with Crippen LogP contribution < -0.4 is 14.2 Å². The maximum absolute atomic E-state index is 14.2. The van der Waals surface area contributed by atoms with Crippen molar-refractivity contribution in [1.29, 1.82) is 0 Å². The number of nitrogens with zero attached hydrogens (tertiary/aromatic N) is 2. The molecule has 5 aromatic rings. The molecule has 1 fully saturated rings. The summed E-state index contributed by atoms with van der Waals surface area (Å²) in [5.41, 5.74) is 3.94. The van der Waals surface area contributed by atoms with E-state index in [1.807, 2.05) is 73.7 Å². The molecule has 0 unspecified atom stereocenters. The molecule has 288 valence electrons. The van der Waals surface area contributed by atoms with E-state index in [9.17, 15) is 18.3 Å². The number of methoxy groups -OCH3 is 1. The van der Waals surface area contributed by atoms with E-state index in [4.69, 9.17) is 18.9 Å². The maximum atomic E-state index is 14.2. The first-order valence-electron chi connectivity index (χ1n) is 18.5. The third-order valence-corrected chi connectivity index (χ3v) is 11.9. The van der Waals surface area contributed by atoms with Crippen LogP contribution >= 0.6 is 0 Å². The number of carboxylic acids is 1. The molecule has 0 amide bonds. The van der Waals surface area contributed by atoms with E-state index >= 15 is 0 Å². The average molecular weight is 765 g/mol. The molecule has 1 N–H and O–H groups in total. The molecule has 4 aromatic carbocycles. The first kappa shape index (κ1) is 39.5. The summed E-state index contributed by atoms with van der Waals surface area (Å²) in [5.74, 6) is 0.544. The third-order valence-electron chi connectivity index (χ3n) is 10.1. The number of hydrogen-bond donors (Lipinski definition) is 1. The van der Waals surface area contributed by atoms with E-state index < -0.39 is 28.7 Å². The Kier molecular flexibility index (Phi) is 12.5. The van der Waals surface area contributed by atoms with Crippen LogP contribution in [0.2, 0.25) is 0 Å². The number of sulfonamides is 1. The quantitative estimate of drug-likeness (QED) is 0.0979. The van der Waals surface area contributed by atoms with Crippen LogP contribution in [0.3, 0.4) is 0 Å². The minimum atomic E-state index is -3.92. The highest BCUT2D eigenvalue weighted by atomic mass is 32.2. The highest BCUT2D eigenvalue weighted by Gasteiger charge is 2.42. The fourth-order valence-electron chi connectivity index (χ4n) is 7.29. The number of rotatable bonds is 16. The lowest BCUT2D eigenvalue weighted by Crippen LogP contribution is -2.36. The fraction of sp³-hybridized carbons (Fsp3) is 0.318. The largest absolute Gasteiger partial charge is 0.496 e.